The van der Waals surface area contributed by atoms with Crippen molar-refractivity contribution in [1.29, 1.82) is 0 Å². The quantitative estimate of drug-likeness (QED) is 0.874. The minimum Gasteiger partial charge on any atom is -0.326 e. The van der Waals surface area contributed by atoms with Crippen LogP contribution in [0.3, 0.4) is 0 Å². The standard InChI is InChI=1S/C17H20N2O/c1-13-7-3-4-8-15(13)11-18-12-16-9-5-6-10-17(16)19-14(2)20/h3-10,18H,11-12H2,1-2H3,(H,19,20). The van der Waals surface area contributed by atoms with E-state index < -0.39 is 0 Å². The maximum absolute atomic E-state index is 11.2. The van der Waals surface area contributed by atoms with E-state index >= 15 is 0 Å². The van der Waals surface area contributed by atoms with Crippen LogP contribution in [0, 0.1) is 6.92 Å². The van der Waals surface area contributed by atoms with Gasteiger partial charge in [0, 0.05) is 25.7 Å². The Bertz CT molecular complexity index is 593. The molecule has 0 spiro atoms. The summed E-state index contributed by atoms with van der Waals surface area (Å²) in [5.74, 6) is -0.0450. The van der Waals surface area contributed by atoms with Crippen LogP contribution in [0.5, 0.6) is 0 Å². The number of rotatable bonds is 5. The second-order valence-corrected chi connectivity index (χ2v) is 4.87. The number of benzene rings is 2. The van der Waals surface area contributed by atoms with Crippen LogP contribution >= 0.6 is 0 Å². The van der Waals surface area contributed by atoms with Crippen LogP contribution in [0.4, 0.5) is 5.69 Å². The molecule has 3 heteroatoms. The van der Waals surface area contributed by atoms with Crippen LogP contribution in [0.1, 0.15) is 23.6 Å². The Hall–Kier alpha value is -2.13. The van der Waals surface area contributed by atoms with E-state index in [-0.39, 0.29) is 5.91 Å². The summed E-state index contributed by atoms with van der Waals surface area (Å²) in [6.07, 6.45) is 0. The molecule has 0 saturated carbocycles. The molecule has 2 rings (SSSR count). The normalized spacial score (nSPS) is 10.3. The third-order valence-electron chi connectivity index (χ3n) is 3.22. The molecule has 0 aromatic heterocycles. The summed E-state index contributed by atoms with van der Waals surface area (Å²) in [6, 6.07) is 16.2. The van der Waals surface area contributed by atoms with Crippen LogP contribution < -0.4 is 10.6 Å². The van der Waals surface area contributed by atoms with E-state index in [0.29, 0.717) is 0 Å². The number of hydrogen-bond acceptors (Lipinski definition) is 2. The highest BCUT2D eigenvalue weighted by molar-refractivity contribution is 5.89. The van der Waals surface area contributed by atoms with Gasteiger partial charge in [-0.3, -0.25) is 4.79 Å². The zero-order chi connectivity index (χ0) is 14.4. The fourth-order valence-corrected chi connectivity index (χ4v) is 2.13. The molecular weight excluding hydrogens is 248 g/mol. The topological polar surface area (TPSA) is 41.1 Å². The maximum atomic E-state index is 11.2. The van der Waals surface area contributed by atoms with E-state index in [1.54, 1.807) is 0 Å². The summed E-state index contributed by atoms with van der Waals surface area (Å²) < 4.78 is 0. The first-order valence-electron chi connectivity index (χ1n) is 6.77. The first kappa shape index (κ1) is 14.3. The third-order valence-corrected chi connectivity index (χ3v) is 3.22. The lowest BCUT2D eigenvalue weighted by Crippen LogP contribution is -2.16. The highest BCUT2D eigenvalue weighted by atomic mass is 16.1. The minimum atomic E-state index is -0.0450. The molecule has 0 atom stereocenters. The Labute approximate surface area is 120 Å². The lowest BCUT2D eigenvalue weighted by molar-refractivity contribution is -0.114. The molecule has 0 fully saturated rings. The van der Waals surface area contributed by atoms with Gasteiger partial charge in [-0.1, -0.05) is 42.5 Å². The molecule has 0 radical (unpaired) electrons. The molecule has 0 aliphatic heterocycles. The van der Waals surface area contributed by atoms with Crippen LogP contribution in [0.25, 0.3) is 0 Å². The van der Waals surface area contributed by atoms with Crippen molar-refractivity contribution in [2.75, 3.05) is 5.32 Å². The second kappa shape index (κ2) is 6.87. The Morgan fingerprint density at radius 2 is 1.55 bits per heavy atom. The molecule has 104 valence electrons. The van der Waals surface area contributed by atoms with Crippen molar-refractivity contribution >= 4 is 11.6 Å². The minimum absolute atomic E-state index is 0.0450. The SMILES string of the molecule is CC(=O)Nc1ccccc1CNCc1ccccc1C. The van der Waals surface area contributed by atoms with Crippen molar-refractivity contribution in [3.05, 3.63) is 65.2 Å². The molecule has 20 heavy (non-hydrogen) atoms. The van der Waals surface area contributed by atoms with Crippen LogP contribution in [-0.2, 0) is 17.9 Å². The van der Waals surface area contributed by atoms with Gasteiger partial charge < -0.3 is 10.6 Å². The predicted octanol–water partition coefficient (Wildman–Crippen LogP) is 3.24. The van der Waals surface area contributed by atoms with E-state index in [4.69, 9.17) is 0 Å². The summed E-state index contributed by atoms with van der Waals surface area (Å²) in [5.41, 5.74) is 4.55. The van der Waals surface area contributed by atoms with Gasteiger partial charge in [0.2, 0.25) is 5.91 Å². The molecule has 0 heterocycles. The third kappa shape index (κ3) is 3.93. The Morgan fingerprint density at radius 1 is 0.950 bits per heavy atom. The van der Waals surface area contributed by atoms with Crippen LogP contribution in [0.2, 0.25) is 0 Å². The van der Waals surface area contributed by atoms with E-state index in [1.165, 1.54) is 18.1 Å². The van der Waals surface area contributed by atoms with E-state index in [9.17, 15) is 4.79 Å². The second-order valence-electron chi connectivity index (χ2n) is 4.87. The first-order chi connectivity index (χ1) is 9.66. The largest absolute Gasteiger partial charge is 0.326 e. The van der Waals surface area contributed by atoms with E-state index in [2.05, 4.69) is 35.8 Å². The van der Waals surface area contributed by atoms with Crippen molar-refractivity contribution in [3.63, 3.8) is 0 Å². The number of amides is 1. The lowest BCUT2D eigenvalue weighted by atomic mass is 10.1. The van der Waals surface area contributed by atoms with Crippen molar-refractivity contribution < 1.29 is 4.79 Å². The van der Waals surface area contributed by atoms with Gasteiger partial charge in [0.15, 0.2) is 0 Å². The van der Waals surface area contributed by atoms with Crippen molar-refractivity contribution in [1.82, 2.24) is 5.32 Å². The van der Waals surface area contributed by atoms with Gasteiger partial charge >= 0.3 is 0 Å². The molecular formula is C17H20N2O. The number of aryl methyl sites for hydroxylation is 1. The first-order valence-corrected chi connectivity index (χ1v) is 6.77. The molecule has 0 bridgehead atoms. The molecule has 2 aromatic carbocycles. The van der Waals surface area contributed by atoms with Crippen molar-refractivity contribution in [2.24, 2.45) is 0 Å². The van der Waals surface area contributed by atoms with Gasteiger partial charge in [-0.15, -0.1) is 0 Å². The molecule has 2 aromatic rings. The summed E-state index contributed by atoms with van der Waals surface area (Å²) in [7, 11) is 0. The highest BCUT2D eigenvalue weighted by Gasteiger charge is 2.03. The Morgan fingerprint density at radius 3 is 2.25 bits per heavy atom. The summed E-state index contributed by atoms with van der Waals surface area (Å²) in [4.78, 5) is 11.2. The van der Waals surface area contributed by atoms with Crippen LogP contribution in [-0.4, -0.2) is 5.91 Å². The predicted molar refractivity (Wildman–Crippen MR) is 82.5 cm³/mol. The summed E-state index contributed by atoms with van der Waals surface area (Å²) >= 11 is 0. The molecule has 3 nitrogen and oxygen atoms in total. The zero-order valence-electron chi connectivity index (χ0n) is 11.9. The number of nitrogens with one attached hydrogen (secondary N) is 2. The zero-order valence-corrected chi connectivity index (χ0v) is 11.9. The fraction of sp³-hybridized carbons (Fsp3) is 0.235. The fourth-order valence-electron chi connectivity index (χ4n) is 2.13. The number of para-hydroxylation sites is 1. The number of carbonyl (C=O) groups excluding carboxylic acids is 1. The molecule has 1 amide bonds. The number of anilines is 1. The lowest BCUT2D eigenvalue weighted by Gasteiger charge is -2.11. The molecule has 0 unspecified atom stereocenters. The van der Waals surface area contributed by atoms with Gasteiger partial charge in [-0.25, -0.2) is 0 Å². The van der Waals surface area contributed by atoms with Gasteiger partial charge in [0.05, 0.1) is 0 Å². The summed E-state index contributed by atoms with van der Waals surface area (Å²) in [5, 5.41) is 6.28. The van der Waals surface area contributed by atoms with Gasteiger partial charge in [-0.2, -0.15) is 0 Å². The van der Waals surface area contributed by atoms with Gasteiger partial charge in [0.1, 0.15) is 0 Å². The monoisotopic (exact) mass is 268 g/mol. The average Bonchev–Trinajstić information content (AvgIpc) is 2.42. The summed E-state index contributed by atoms with van der Waals surface area (Å²) in [6.45, 7) is 5.19. The van der Waals surface area contributed by atoms with Crippen LogP contribution in [0.15, 0.2) is 48.5 Å². The van der Waals surface area contributed by atoms with E-state index in [0.717, 1.165) is 24.3 Å². The smallest absolute Gasteiger partial charge is 0.221 e. The maximum Gasteiger partial charge on any atom is 0.221 e. The highest BCUT2D eigenvalue weighted by Crippen LogP contribution is 2.15. The van der Waals surface area contributed by atoms with Crippen molar-refractivity contribution in [3.8, 4) is 0 Å². The Balaban J connectivity index is 1.97. The molecule has 0 aliphatic carbocycles. The van der Waals surface area contributed by atoms with Gasteiger partial charge in [-0.05, 0) is 29.7 Å². The number of carbonyl (C=O) groups is 1. The number of hydrogen-bond donors (Lipinski definition) is 2. The molecule has 0 aliphatic rings. The van der Waals surface area contributed by atoms with Gasteiger partial charge in [0.25, 0.3) is 0 Å². The van der Waals surface area contributed by atoms with E-state index in [1.807, 2.05) is 30.3 Å². The average molecular weight is 268 g/mol. The Kier molecular flexibility index (Phi) is 4.91. The van der Waals surface area contributed by atoms with Crippen molar-refractivity contribution in [2.45, 2.75) is 26.9 Å². The molecule has 0 saturated heterocycles. The molecule has 2 N–H and O–H groups in total.